The van der Waals surface area contributed by atoms with E-state index < -0.39 is 0 Å². The predicted octanol–water partition coefficient (Wildman–Crippen LogP) is 5.43. The molecule has 0 aliphatic heterocycles. The van der Waals surface area contributed by atoms with Crippen LogP contribution in [0.5, 0.6) is 5.75 Å². The predicted molar refractivity (Wildman–Crippen MR) is 121 cm³/mol. The molecule has 0 aromatic heterocycles. The number of hydrogen-bond donors (Lipinski definition) is 2. The topological polar surface area (TPSA) is 67.4 Å². The number of benzene rings is 3. The third kappa shape index (κ3) is 5.74. The second-order valence-electron chi connectivity index (χ2n) is 7.30. The summed E-state index contributed by atoms with van der Waals surface area (Å²) in [6, 6.07) is 18.8. The molecular formula is C24H25ClN2O3. The maximum absolute atomic E-state index is 12.3. The molecule has 2 amide bonds. The summed E-state index contributed by atoms with van der Waals surface area (Å²) < 4.78 is 5.87. The van der Waals surface area contributed by atoms with E-state index in [-0.39, 0.29) is 24.3 Å². The Morgan fingerprint density at radius 3 is 2.60 bits per heavy atom. The van der Waals surface area contributed by atoms with Gasteiger partial charge in [0.05, 0.1) is 17.3 Å². The molecule has 0 atom stereocenters. The van der Waals surface area contributed by atoms with Crippen LogP contribution in [-0.4, -0.2) is 24.5 Å². The Morgan fingerprint density at radius 2 is 1.80 bits per heavy atom. The number of hydrogen-bond acceptors (Lipinski definition) is 3. The van der Waals surface area contributed by atoms with Gasteiger partial charge in [0.15, 0.2) is 0 Å². The highest BCUT2D eigenvalue weighted by molar-refractivity contribution is 6.33. The molecule has 3 aromatic carbocycles. The Labute approximate surface area is 181 Å². The Kier molecular flexibility index (Phi) is 7.31. The molecule has 6 heteroatoms. The lowest BCUT2D eigenvalue weighted by molar-refractivity contribution is -0.116. The lowest BCUT2D eigenvalue weighted by Gasteiger charge is -2.12. The van der Waals surface area contributed by atoms with Crippen LogP contribution >= 0.6 is 11.6 Å². The SMILES string of the molecule is CC(C)NC(=O)c1ccc(Cl)c(NC(=O)CCCOc2cccc3ccccc23)c1. The van der Waals surface area contributed by atoms with E-state index in [1.807, 2.05) is 56.3 Å². The molecule has 0 radical (unpaired) electrons. The standard InChI is InChI=1S/C24H25ClN2O3/c1-16(2)26-24(29)18-12-13-20(25)21(15-18)27-23(28)11-6-14-30-22-10-5-8-17-7-3-4-9-19(17)22/h3-5,7-10,12-13,15-16H,6,11,14H2,1-2H3,(H,26,29)(H,27,28). The van der Waals surface area contributed by atoms with Crippen molar-refractivity contribution in [3.63, 3.8) is 0 Å². The highest BCUT2D eigenvalue weighted by atomic mass is 35.5. The van der Waals surface area contributed by atoms with Crippen molar-refractivity contribution in [2.45, 2.75) is 32.7 Å². The van der Waals surface area contributed by atoms with Crippen molar-refractivity contribution in [2.75, 3.05) is 11.9 Å². The van der Waals surface area contributed by atoms with Gasteiger partial charge in [-0.25, -0.2) is 0 Å². The van der Waals surface area contributed by atoms with Crippen LogP contribution in [0.15, 0.2) is 60.7 Å². The van der Waals surface area contributed by atoms with Crippen molar-refractivity contribution in [3.05, 3.63) is 71.2 Å². The van der Waals surface area contributed by atoms with Gasteiger partial charge >= 0.3 is 0 Å². The van der Waals surface area contributed by atoms with Crippen molar-refractivity contribution in [2.24, 2.45) is 0 Å². The summed E-state index contributed by atoms with van der Waals surface area (Å²) in [5, 5.41) is 8.15. The first-order valence-corrected chi connectivity index (χ1v) is 10.3. The van der Waals surface area contributed by atoms with E-state index in [9.17, 15) is 9.59 Å². The average Bonchev–Trinajstić information content (AvgIpc) is 2.72. The second kappa shape index (κ2) is 10.1. The lowest BCUT2D eigenvalue weighted by atomic mass is 10.1. The molecule has 0 heterocycles. The molecule has 2 N–H and O–H groups in total. The zero-order valence-corrected chi connectivity index (χ0v) is 17.8. The minimum Gasteiger partial charge on any atom is -0.493 e. The molecule has 30 heavy (non-hydrogen) atoms. The first-order chi connectivity index (χ1) is 14.4. The van der Waals surface area contributed by atoms with Crippen LogP contribution in [-0.2, 0) is 4.79 Å². The van der Waals surface area contributed by atoms with Gasteiger partial charge in [0.1, 0.15) is 5.75 Å². The zero-order chi connectivity index (χ0) is 21.5. The molecule has 5 nitrogen and oxygen atoms in total. The van der Waals surface area contributed by atoms with E-state index in [1.165, 1.54) is 0 Å². The van der Waals surface area contributed by atoms with Gasteiger partial charge in [-0.3, -0.25) is 9.59 Å². The number of fused-ring (bicyclic) bond motifs is 1. The fraction of sp³-hybridized carbons (Fsp3) is 0.250. The molecule has 0 aliphatic rings. The largest absolute Gasteiger partial charge is 0.493 e. The van der Waals surface area contributed by atoms with Crippen LogP contribution in [0, 0.1) is 0 Å². The molecule has 0 fully saturated rings. The smallest absolute Gasteiger partial charge is 0.251 e. The van der Waals surface area contributed by atoms with E-state index in [0.29, 0.717) is 29.3 Å². The summed E-state index contributed by atoms with van der Waals surface area (Å²) in [5.41, 5.74) is 0.871. The highest BCUT2D eigenvalue weighted by Gasteiger charge is 2.12. The molecule has 0 saturated carbocycles. The number of anilines is 1. The average molecular weight is 425 g/mol. The highest BCUT2D eigenvalue weighted by Crippen LogP contribution is 2.26. The van der Waals surface area contributed by atoms with Gasteiger partial charge in [-0.1, -0.05) is 48.0 Å². The van der Waals surface area contributed by atoms with Gasteiger partial charge in [-0.15, -0.1) is 0 Å². The molecule has 3 aromatic rings. The minimum atomic E-state index is -0.208. The quantitative estimate of drug-likeness (QED) is 0.474. The van der Waals surface area contributed by atoms with Gasteiger partial charge in [0.2, 0.25) is 5.91 Å². The zero-order valence-electron chi connectivity index (χ0n) is 17.1. The van der Waals surface area contributed by atoms with Crippen LogP contribution in [0.1, 0.15) is 37.0 Å². The maximum Gasteiger partial charge on any atom is 0.251 e. The molecule has 0 aliphatic carbocycles. The molecule has 0 unspecified atom stereocenters. The number of halogens is 1. The van der Waals surface area contributed by atoms with Crippen molar-refractivity contribution in [1.82, 2.24) is 5.32 Å². The van der Waals surface area contributed by atoms with Crippen LogP contribution in [0.3, 0.4) is 0 Å². The van der Waals surface area contributed by atoms with Gasteiger partial charge in [-0.2, -0.15) is 0 Å². The molecule has 156 valence electrons. The third-order valence-corrected chi connectivity index (χ3v) is 4.81. The van der Waals surface area contributed by atoms with Crippen molar-refractivity contribution in [3.8, 4) is 5.75 Å². The van der Waals surface area contributed by atoms with Crippen LogP contribution in [0.4, 0.5) is 5.69 Å². The summed E-state index contributed by atoms with van der Waals surface area (Å²) in [6.07, 6.45) is 0.837. The van der Waals surface area contributed by atoms with E-state index in [2.05, 4.69) is 10.6 Å². The van der Waals surface area contributed by atoms with Crippen LogP contribution in [0.2, 0.25) is 5.02 Å². The second-order valence-corrected chi connectivity index (χ2v) is 7.71. The van der Waals surface area contributed by atoms with Gasteiger partial charge in [-0.05, 0) is 49.9 Å². The summed E-state index contributed by atoms with van der Waals surface area (Å²) in [7, 11) is 0. The van der Waals surface area contributed by atoms with Gasteiger partial charge in [0, 0.05) is 23.4 Å². The number of nitrogens with one attached hydrogen (secondary N) is 2. The Bertz CT molecular complexity index is 1040. The molecule has 3 rings (SSSR count). The number of amides is 2. The lowest BCUT2D eigenvalue weighted by Crippen LogP contribution is -2.30. The fourth-order valence-corrected chi connectivity index (χ4v) is 3.22. The minimum absolute atomic E-state index is 0.0213. The number of ether oxygens (including phenoxy) is 1. The maximum atomic E-state index is 12.3. The third-order valence-electron chi connectivity index (χ3n) is 4.48. The van der Waals surface area contributed by atoms with Crippen molar-refractivity contribution in [1.29, 1.82) is 0 Å². The first-order valence-electron chi connectivity index (χ1n) is 9.95. The van der Waals surface area contributed by atoms with Crippen LogP contribution in [0.25, 0.3) is 10.8 Å². The number of carbonyl (C=O) groups excluding carboxylic acids is 2. The first kappa shape index (κ1) is 21.7. The number of carbonyl (C=O) groups is 2. The molecule has 0 spiro atoms. The molecule has 0 bridgehead atoms. The summed E-state index contributed by atoms with van der Waals surface area (Å²) in [6.45, 7) is 4.19. The summed E-state index contributed by atoms with van der Waals surface area (Å²) >= 11 is 6.18. The monoisotopic (exact) mass is 424 g/mol. The van der Waals surface area contributed by atoms with Crippen LogP contribution < -0.4 is 15.4 Å². The molecule has 0 saturated heterocycles. The van der Waals surface area contributed by atoms with E-state index >= 15 is 0 Å². The van der Waals surface area contributed by atoms with E-state index in [1.54, 1.807) is 18.2 Å². The summed E-state index contributed by atoms with van der Waals surface area (Å²) in [5.74, 6) is 0.418. The molecular weight excluding hydrogens is 400 g/mol. The van der Waals surface area contributed by atoms with E-state index in [4.69, 9.17) is 16.3 Å². The summed E-state index contributed by atoms with van der Waals surface area (Å²) in [4.78, 5) is 24.5. The van der Waals surface area contributed by atoms with Crippen molar-refractivity contribution < 1.29 is 14.3 Å². The Morgan fingerprint density at radius 1 is 1.03 bits per heavy atom. The number of rotatable bonds is 8. The normalized spacial score (nSPS) is 10.8. The van der Waals surface area contributed by atoms with E-state index in [0.717, 1.165) is 16.5 Å². The Hall–Kier alpha value is -3.05. The van der Waals surface area contributed by atoms with Crippen molar-refractivity contribution >= 4 is 39.9 Å². The Balaban J connectivity index is 1.53. The van der Waals surface area contributed by atoms with Gasteiger partial charge in [0.25, 0.3) is 5.91 Å². The van der Waals surface area contributed by atoms with Gasteiger partial charge < -0.3 is 15.4 Å². The fourth-order valence-electron chi connectivity index (χ4n) is 3.06.